The molecule has 0 amide bonds. The molecule has 0 radical (unpaired) electrons. The molecule has 0 aromatic rings. The molecule has 12 heteroatoms. The fourth-order valence-corrected chi connectivity index (χ4v) is 8.53. The van der Waals surface area contributed by atoms with Crippen LogP contribution in [0.1, 0.15) is 265 Å². The molecule has 0 aromatic carbocycles. The van der Waals surface area contributed by atoms with E-state index in [1.165, 1.54) is 128 Å². The number of rotatable bonds is 47. The van der Waals surface area contributed by atoms with Crippen LogP contribution in [0.25, 0.3) is 0 Å². The zero-order valence-electron chi connectivity index (χ0n) is 42.9. The monoisotopic (exact) mass is 953 g/mol. The van der Waals surface area contributed by atoms with Crippen LogP contribution in [0.3, 0.4) is 0 Å². The van der Waals surface area contributed by atoms with E-state index in [0.717, 1.165) is 77.0 Å². The van der Waals surface area contributed by atoms with E-state index < -0.39 is 67.3 Å². The van der Waals surface area contributed by atoms with Gasteiger partial charge >= 0.3 is 23.9 Å². The van der Waals surface area contributed by atoms with Gasteiger partial charge < -0.3 is 39.0 Å². The van der Waals surface area contributed by atoms with Gasteiger partial charge in [-0.1, -0.05) is 219 Å². The first-order valence-electron chi connectivity index (χ1n) is 27.7. The topological polar surface area (TPSA) is 175 Å². The van der Waals surface area contributed by atoms with Gasteiger partial charge in [-0.25, -0.2) is 4.79 Å². The van der Waals surface area contributed by atoms with Crippen molar-refractivity contribution < 1.29 is 58.2 Å². The highest BCUT2D eigenvalue weighted by Crippen LogP contribution is 2.26. The molecule has 12 nitrogen and oxygen atoms in total. The largest absolute Gasteiger partial charge is 0.479 e. The Hall–Kier alpha value is -2.54. The van der Waals surface area contributed by atoms with Crippen LogP contribution in [0.5, 0.6) is 0 Å². The number of esters is 3. The lowest BCUT2D eigenvalue weighted by Gasteiger charge is -2.40. The third-order valence-electron chi connectivity index (χ3n) is 12.8. The number of carbonyl (C=O) groups excluding carboxylic acids is 3. The van der Waals surface area contributed by atoms with Gasteiger partial charge in [-0.05, 0) is 38.5 Å². The molecule has 6 unspecified atom stereocenters. The molecule has 67 heavy (non-hydrogen) atoms. The predicted octanol–water partition coefficient (Wildman–Crippen LogP) is 13.3. The third-order valence-corrected chi connectivity index (χ3v) is 12.8. The number of hydrogen-bond acceptors (Lipinski definition) is 11. The normalized spacial score (nSPS) is 18.9. The lowest BCUT2D eigenvalue weighted by Crippen LogP contribution is -2.61. The van der Waals surface area contributed by atoms with Gasteiger partial charge in [0, 0.05) is 19.3 Å². The number of hydrogen-bond donors (Lipinski definition) is 3. The number of unbranched alkanes of at least 4 members (excludes halogenated alkanes) is 31. The molecule has 1 heterocycles. The summed E-state index contributed by atoms with van der Waals surface area (Å²) < 4.78 is 28.3. The number of carbonyl (C=O) groups is 4. The van der Waals surface area contributed by atoms with E-state index >= 15 is 0 Å². The number of allylic oxidation sites excluding steroid dienone is 2. The summed E-state index contributed by atoms with van der Waals surface area (Å²) in [5, 5.41) is 31.3. The molecule has 0 saturated carbocycles. The molecular formula is C55H100O12. The average Bonchev–Trinajstić information content (AvgIpc) is 3.31. The van der Waals surface area contributed by atoms with Crippen LogP contribution in [-0.2, 0) is 42.9 Å². The summed E-state index contributed by atoms with van der Waals surface area (Å²) in [5.74, 6) is -3.10. The van der Waals surface area contributed by atoms with Gasteiger partial charge in [-0.15, -0.1) is 0 Å². The van der Waals surface area contributed by atoms with E-state index in [-0.39, 0.29) is 25.9 Å². The summed E-state index contributed by atoms with van der Waals surface area (Å²) in [7, 11) is 0. The molecule has 1 saturated heterocycles. The zero-order valence-corrected chi connectivity index (χ0v) is 42.9. The molecule has 1 rings (SSSR count). The number of carboxylic acids is 1. The second-order valence-corrected chi connectivity index (χ2v) is 19.2. The molecule has 1 fully saturated rings. The maximum Gasteiger partial charge on any atom is 0.335 e. The van der Waals surface area contributed by atoms with Crippen molar-refractivity contribution >= 4 is 23.9 Å². The smallest absolute Gasteiger partial charge is 0.335 e. The lowest BCUT2D eigenvalue weighted by atomic mass is 9.98. The second-order valence-electron chi connectivity index (χ2n) is 19.2. The summed E-state index contributed by atoms with van der Waals surface area (Å²) >= 11 is 0. The molecule has 392 valence electrons. The summed E-state index contributed by atoms with van der Waals surface area (Å²) in [6.45, 7) is 5.95. The highest BCUT2D eigenvalue weighted by atomic mass is 16.7. The minimum atomic E-state index is -1.89. The Labute approximate surface area is 407 Å². The van der Waals surface area contributed by atoms with Crippen LogP contribution in [0.15, 0.2) is 12.2 Å². The molecule has 0 spiro atoms. The Morgan fingerprint density at radius 3 is 1.31 bits per heavy atom. The van der Waals surface area contributed by atoms with Crippen molar-refractivity contribution in [3.8, 4) is 0 Å². The van der Waals surface area contributed by atoms with Gasteiger partial charge in [0.05, 0.1) is 6.61 Å². The summed E-state index contributed by atoms with van der Waals surface area (Å²) in [6.07, 6.45) is 34.8. The van der Waals surface area contributed by atoms with Crippen molar-refractivity contribution in [2.24, 2.45) is 0 Å². The van der Waals surface area contributed by atoms with Crippen LogP contribution in [-0.4, -0.2) is 89.2 Å². The lowest BCUT2D eigenvalue weighted by molar-refractivity contribution is -0.301. The van der Waals surface area contributed by atoms with Crippen LogP contribution < -0.4 is 0 Å². The first-order valence-corrected chi connectivity index (χ1v) is 27.7. The van der Waals surface area contributed by atoms with Crippen molar-refractivity contribution in [2.45, 2.75) is 302 Å². The van der Waals surface area contributed by atoms with Crippen LogP contribution in [0.2, 0.25) is 0 Å². The van der Waals surface area contributed by atoms with Crippen LogP contribution >= 0.6 is 0 Å². The fraction of sp³-hybridized carbons (Fsp3) is 0.891. The van der Waals surface area contributed by atoms with E-state index in [1.54, 1.807) is 0 Å². The van der Waals surface area contributed by atoms with Crippen molar-refractivity contribution in [2.75, 3.05) is 13.2 Å². The van der Waals surface area contributed by atoms with Gasteiger partial charge in [-0.2, -0.15) is 0 Å². The highest BCUT2D eigenvalue weighted by Gasteiger charge is 2.50. The van der Waals surface area contributed by atoms with Crippen LogP contribution in [0, 0.1) is 0 Å². The standard InChI is InChI=1S/C55H100O12/c1-4-7-10-13-16-19-22-24-27-29-32-35-38-41-47(56)63-44-46(65-48(57)42-39-36-33-30-26-21-18-15-12-9-6-3)45-64-55-53(51(60)50(59)52(67-55)54(61)62)66-49(58)43-40-37-34-31-28-25-23-20-17-14-11-8-5-2/h15,18,46,50-53,55,59-60H,4-14,16-17,19-45H2,1-3H3,(H,61,62)/b18-15-. The number of aliphatic hydroxyl groups excluding tert-OH is 2. The Morgan fingerprint density at radius 2 is 0.866 bits per heavy atom. The van der Waals surface area contributed by atoms with Crippen molar-refractivity contribution in [3.05, 3.63) is 12.2 Å². The zero-order chi connectivity index (χ0) is 49.0. The van der Waals surface area contributed by atoms with Gasteiger partial charge in [0.1, 0.15) is 18.8 Å². The Morgan fingerprint density at radius 1 is 0.478 bits per heavy atom. The quantitative estimate of drug-likeness (QED) is 0.0228. The maximum absolute atomic E-state index is 13.1. The number of aliphatic hydroxyl groups is 2. The van der Waals surface area contributed by atoms with Gasteiger partial charge in [0.15, 0.2) is 24.6 Å². The molecular weight excluding hydrogens is 853 g/mol. The fourth-order valence-electron chi connectivity index (χ4n) is 8.53. The van der Waals surface area contributed by atoms with E-state index in [0.29, 0.717) is 19.3 Å². The number of aliphatic carboxylic acids is 1. The van der Waals surface area contributed by atoms with Crippen molar-refractivity contribution in [1.82, 2.24) is 0 Å². The van der Waals surface area contributed by atoms with Gasteiger partial charge in [0.2, 0.25) is 0 Å². The maximum atomic E-state index is 13.1. The Kier molecular flexibility index (Phi) is 41.6. The SMILES string of the molecule is CCCC/C=C\CCCCCCCC(=O)OC(COC(=O)CCCCCCCCCCCCCCC)COC1OC(C(=O)O)C(O)C(O)C1OC(=O)CCCCCCCCCCCCCCC. The van der Waals surface area contributed by atoms with Gasteiger partial charge in [-0.3, -0.25) is 14.4 Å². The number of carboxylic acid groups (broad SMARTS) is 1. The van der Waals surface area contributed by atoms with Gasteiger partial charge in [0.25, 0.3) is 0 Å². The summed E-state index contributed by atoms with van der Waals surface area (Å²) in [6, 6.07) is 0. The predicted molar refractivity (Wildman–Crippen MR) is 267 cm³/mol. The molecule has 0 aliphatic carbocycles. The summed E-state index contributed by atoms with van der Waals surface area (Å²) in [4.78, 5) is 50.9. The minimum absolute atomic E-state index is 0.0672. The van der Waals surface area contributed by atoms with Crippen molar-refractivity contribution in [1.29, 1.82) is 0 Å². The highest BCUT2D eigenvalue weighted by molar-refractivity contribution is 5.74. The molecule has 1 aliphatic heterocycles. The number of ether oxygens (including phenoxy) is 5. The Bertz CT molecular complexity index is 1230. The second kappa shape index (κ2) is 44.7. The molecule has 0 aromatic heterocycles. The molecule has 6 atom stereocenters. The molecule has 1 aliphatic rings. The van der Waals surface area contributed by atoms with E-state index in [4.69, 9.17) is 23.7 Å². The van der Waals surface area contributed by atoms with E-state index in [1.807, 2.05) is 0 Å². The molecule has 3 N–H and O–H groups in total. The minimum Gasteiger partial charge on any atom is -0.479 e. The third kappa shape index (κ3) is 35.3. The first-order chi connectivity index (χ1) is 32.6. The first kappa shape index (κ1) is 62.5. The average molecular weight is 953 g/mol. The van der Waals surface area contributed by atoms with Crippen LogP contribution in [0.4, 0.5) is 0 Å². The van der Waals surface area contributed by atoms with E-state index in [2.05, 4.69) is 32.9 Å². The molecule has 0 bridgehead atoms. The van der Waals surface area contributed by atoms with E-state index in [9.17, 15) is 34.5 Å². The van der Waals surface area contributed by atoms with Crippen molar-refractivity contribution in [3.63, 3.8) is 0 Å². The summed E-state index contributed by atoms with van der Waals surface area (Å²) in [5.41, 5.74) is 0. The Balaban J connectivity index is 2.70.